The maximum atomic E-state index is 13.2. The molecule has 4 aromatic heterocycles. The van der Waals surface area contributed by atoms with E-state index >= 15 is 0 Å². The topological polar surface area (TPSA) is 127 Å². The van der Waals surface area contributed by atoms with Gasteiger partial charge in [0.15, 0.2) is 9.84 Å². The first-order valence-electron chi connectivity index (χ1n) is 13.7. The zero-order chi connectivity index (χ0) is 29.4. The molecule has 0 aliphatic rings. The van der Waals surface area contributed by atoms with Crippen LogP contribution in [0.5, 0.6) is 0 Å². The number of benzene rings is 3. The summed E-state index contributed by atoms with van der Waals surface area (Å²) in [4.78, 5) is 12.7. The lowest BCUT2D eigenvalue weighted by molar-refractivity contribution is 0.268. The summed E-state index contributed by atoms with van der Waals surface area (Å²) in [5.41, 5.74) is 7.74. The minimum atomic E-state index is -3.52. The number of rotatable bonds is 8. The number of pyridine rings is 2. The number of hydrogen-bond acceptors (Lipinski definition) is 7. The first-order chi connectivity index (χ1) is 21.0. The van der Waals surface area contributed by atoms with E-state index in [1.54, 1.807) is 47.4 Å². The summed E-state index contributed by atoms with van der Waals surface area (Å²) in [6.45, 7) is 0.379. The predicted molar refractivity (Wildman–Crippen MR) is 166 cm³/mol. The van der Waals surface area contributed by atoms with Crippen LogP contribution in [0.25, 0.3) is 55.4 Å². The first-order valence-corrected chi connectivity index (χ1v) is 15.4. The summed E-state index contributed by atoms with van der Waals surface area (Å²) in [5.74, 6) is -0.109. The number of aliphatic hydroxyl groups excluding tert-OH is 1. The number of hydrogen-bond donors (Lipinski definition) is 2. The number of aromatic amines is 1. The Morgan fingerprint density at radius 2 is 1.63 bits per heavy atom. The molecule has 0 spiro atoms. The summed E-state index contributed by atoms with van der Waals surface area (Å²) in [7, 11) is -3.52. The average Bonchev–Trinajstić information content (AvgIpc) is 3.66. The van der Waals surface area contributed by atoms with Crippen molar-refractivity contribution in [2.24, 2.45) is 0 Å². The quantitative estimate of drug-likeness (QED) is 0.235. The molecule has 0 bridgehead atoms. The number of fused-ring (bicyclic) bond motifs is 3. The average molecular weight is 587 g/mol. The Labute approximate surface area is 247 Å². The first kappa shape index (κ1) is 26.7. The second kappa shape index (κ2) is 10.9. The van der Waals surface area contributed by atoms with E-state index in [2.05, 4.69) is 20.3 Å². The fraction of sp³-hybridized carbons (Fsp3) is 0.0909. The fourth-order valence-corrected chi connectivity index (χ4v) is 6.78. The largest absolute Gasteiger partial charge is 0.394 e. The highest BCUT2D eigenvalue weighted by Crippen LogP contribution is 2.41. The number of nitrogens with one attached hydrogen (secondary N) is 1. The lowest BCUT2D eigenvalue weighted by Crippen LogP contribution is -2.04. The Balaban J connectivity index is 1.36. The summed E-state index contributed by atoms with van der Waals surface area (Å²) in [6.07, 6.45) is 7.19. The van der Waals surface area contributed by atoms with Gasteiger partial charge in [0.1, 0.15) is 11.3 Å². The Kier molecular flexibility index (Phi) is 6.77. The smallest absolute Gasteiger partial charge is 0.182 e. The number of H-pyrrole nitrogens is 1. The molecule has 0 aliphatic heterocycles. The van der Waals surface area contributed by atoms with Gasteiger partial charge in [-0.2, -0.15) is 0 Å². The van der Waals surface area contributed by atoms with Crippen LogP contribution in [0, 0.1) is 0 Å². The molecule has 7 aromatic rings. The lowest BCUT2D eigenvalue weighted by Gasteiger charge is -2.12. The van der Waals surface area contributed by atoms with Gasteiger partial charge in [0.2, 0.25) is 0 Å². The van der Waals surface area contributed by atoms with Crippen LogP contribution in [0.1, 0.15) is 5.56 Å². The second-order valence-corrected chi connectivity index (χ2v) is 12.2. The van der Waals surface area contributed by atoms with Gasteiger partial charge < -0.3 is 10.1 Å². The molecular weight excluding hydrogens is 560 g/mol. The van der Waals surface area contributed by atoms with Crippen molar-refractivity contribution in [1.82, 2.24) is 29.9 Å². The van der Waals surface area contributed by atoms with E-state index in [4.69, 9.17) is 4.98 Å². The summed E-state index contributed by atoms with van der Waals surface area (Å²) in [6, 6.07) is 26.2. The Morgan fingerprint density at radius 1 is 0.860 bits per heavy atom. The summed E-state index contributed by atoms with van der Waals surface area (Å²) in [5, 5.41) is 19.3. The highest BCUT2D eigenvalue weighted by Gasteiger charge is 2.20. The van der Waals surface area contributed by atoms with Gasteiger partial charge in [-0.05, 0) is 53.1 Å². The molecular formula is C33H26N6O3S. The minimum Gasteiger partial charge on any atom is -0.394 e. The second-order valence-electron chi connectivity index (χ2n) is 10.3. The highest BCUT2D eigenvalue weighted by molar-refractivity contribution is 7.90. The molecule has 43 heavy (non-hydrogen) atoms. The van der Waals surface area contributed by atoms with Gasteiger partial charge in [-0.25, -0.2) is 18.1 Å². The van der Waals surface area contributed by atoms with E-state index in [9.17, 15) is 13.5 Å². The molecule has 212 valence electrons. The van der Waals surface area contributed by atoms with Gasteiger partial charge >= 0.3 is 0 Å². The highest BCUT2D eigenvalue weighted by atomic mass is 32.2. The third kappa shape index (κ3) is 5.07. The van der Waals surface area contributed by atoms with E-state index in [1.165, 1.54) is 0 Å². The van der Waals surface area contributed by atoms with Crippen molar-refractivity contribution in [1.29, 1.82) is 0 Å². The molecule has 4 heterocycles. The van der Waals surface area contributed by atoms with Crippen molar-refractivity contribution >= 4 is 31.8 Å². The summed E-state index contributed by atoms with van der Waals surface area (Å²) >= 11 is 0. The third-order valence-corrected chi connectivity index (χ3v) is 9.18. The van der Waals surface area contributed by atoms with Crippen molar-refractivity contribution in [3.8, 4) is 33.5 Å². The van der Waals surface area contributed by atoms with Gasteiger partial charge in [0.25, 0.3) is 0 Å². The van der Waals surface area contributed by atoms with Crippen LogP contribution in [0.4, 0.5) is 0 Å². The van der Waals surface area contributed by atoms with Crippen molar-refractivity contribution in [2.75, 3.05) is 6.61 Å². The maximum absolute atomic E-state index is 13.2. The summed E-state index contributed by atoms with van der Waals surface area (Å²) < 4.78 is 28.0. The Hall–Kier alpha value is -5.19. The standard InChI is InChI=1S/C33H26N6O3S/c40-17-16-39-20-30(37-38-39)24-9-7-23(8-10-24)28-19-35-33-32(31(28)25-12-14-34-15-13-25)27-18-22(6-11-29(27)36-33)21-43(41,42)26-4-2-1-3-5-26/h1-15,18-20,40H,16-17,21H2,(H,35,36). The Bertz CT molecular complexity index is 2180. The van der Waals surface area contributed by atoms with Crippen LogP contribution in [0.2, 0.25) is 0 Å². The predicted octanol–water partition coefficient (Wildman–Crippen LogP) is 5.67. The van der Waals surface area contributed by atoms with Gasteiger partial charge in [-0.3, -0.25) is 4.98 Å². The van der Waals surface area contributed by atoms with E-state index in [-0.39, 0.29) is 12.4 Å². The molecule has 0 radical (unpaired) electrons. The van der Waals surface area contributed by atoms with Crippen LogP contribution in [-0.4, -0.2) is 50.1 Å². The van der Waals surface area contributed by atoms with E-state index < -0.39 is 9.84 Å². The molecule has 0 unspecified atom stereocenters. The van der Waals surface area contributed by atoms with E-state index in [0.717, 1.165) is 49.8 Å². The Morgan fingerprint density at radius 3 is 2.40 bits per heavy atom. The van der Waals surface area contributed by atoms with Crippen LogP contribution in [0.15, 0.2) is 115 Å². The molecule has 0 fully saturated rings. The number of nitrogens with zero attached hydrogens (tertiary/aromatic N) is 5. The van der Waals surface area contributed by atoms with Crippen LogP contribution in [-0.2, 0) is 22.1 Å². The number of aliphatic hydroxyl groups is 1. The van der Waals surface area contributed by atoms with Crippen molar-refractivity contribution in [3.05, 3.63) is 115 Å². The number of sulfone groups is 1. The van der Waals surface area contributed by atoms with Gasteiger partial charge in [-0.1, -0.05) is 53.7 Å². The third-order valence-electron chi connectivity index (χ3n) is 7.47. The number of aromatic nitrogens is 6. The zero-order valence-electron chi connectivity index (χ0n) is 22.9. The van der Waals surface area contributed by atoms with Gasteiger partial charge in [-0.15, -0.1) is 5.10 Å². The minimum absolute atomic E-state index is 0.00678. The maximum Gasteiger partial charge on any atom is 0.182 e. The molecule has 0 saturated carbocycles. The molecule has 0 aliphatic carbocycles. The van der Waals surface area contributed by atoms with Crippen LogP contribution < -0.4 is 0 Å². The monoisotopic (exact) mass is 586 g/mol. The van der Waals surface area contributed by atoms with Gasteiger partial charge in [0.05, 0.1) is 30.0 Å². The fourth-order valence-electron chi connectivity index (χ4n) is 5.42. The van der Waals surface area contributed by atoms with Gasteiger partial charge in [0, 0.05) is 51.6 Å². The molecule has 10 heteroatoms. The molecule has 3 aromatic carbocycles. The molecule has 7 rings (SSSR count). The molecule has 0 atom stereocenters. The van der Waals surface area contributed by atoms with E-state index in [0.29, 0.717) is 22.7 Å². The van der Waals surface area contributed by atoms with E-state index in [1.807, 2.05) is 67.0 Å². The van der Waals surface area contributed by atoms with Crippen molar-refractivity contribution in [3.63, 3.8) is 0 Å². The molecule has 0 saturated heterocycles. The van der Waals surface area contributed by atoms with Crippen LogP contribution in [0.3, 0.4) is 0 Å². The molecule has 0 amide bonds. The molecule has 9 nitrogen and oxygen atoms in total. The SMILES string of the molecule is O=S(=O)(Cc1ccc2[nH]c3ncc(-c4ccc(-c5cn(CCO)nn5)cc4)c(-c4ccncc4)c3c2c1)c1ccccc1. The van der Waals surface area contributed by atoms with Crippen LogP contribution >= 0.6 is 0 Å². The normalized spacial score (nSPS) is 11.8. The zero-order valence-corrected chi connectivity index (χ0v) is 23.7. The van der Waals surface area contributed by atoms with Crippen molar-refractivity contribution in [2.45, 2.75) is 17.2 Å². The lowest BCUT2D eigenvalue weighted by atomic mass is 9.92. The molecule has 2 N–H and O–H groups in total. The van der Waals surface area contributed by atoms with Crippen molar-refractivity contribution < 1.29 is 13.5 Å².